The highest BCUT2D eigenvalue weighted by molar-refractivity contribution is 9.10. The fourth-order valence-electron chi connectivity index (χ4n) is 1.56. The maximum Gasteiger partial charge on any atom is 0.137 e. The van der Waals surface area contributed by atoms with Gasteiger partial charge in [0.05, 0.1) is 4.47 Å². The van der Waals surface area contributed by atoms with Gasteiger partial charge in [0.25, 0.3) is 0 Å². The molecule has 1 atom stereocenters. The van der Waals surface area contributed by atoms with E-state index in [4.69, 9.17) is 5.73 Å². The first-order chi connectivity index (χ1) is 7.20. The molecule has 0 spiro atoms. The molecule has 1 aromatic carbocycles. The van der Waals surface area contributed by atoms with Crippen LogP contribution in [0, 0.1) is 5.82 Å². The summed E-state index contributed by atoms with van der Waals surface area (Å²) < 4.78 is 13.5. The van der Waals surface area contributed by atoms with Gasteiger partial charge < -0.3 is 11.1 Å². The van der Waals surface area contributed by atoms with Crippen LogP contribution in [-0.2, 0) is 0 Å². The smallest absolute Gasteiger partial charge is 0.137 e. The van der Waals surface area contributed by atoms with Gasteiger partial charge in [-0.15, -0.1) is 0 Å². The molecule has 2 nitrogen and oxygen atoms in total. The minimum Gasteiger partial charge on any atom is -0.329 e. The molecule has 0 amide bonds. The van der Waals surface area contributed by atoms with Gasteiger partial charge in [-0.25, -0.2) is 4.39 Å². The fourth-order valence-corrected chi connectivity index (χ4v) is 1.96. The molecule has 1 fully saturated rings. The molecule has 0 saturated heterocycles. The molecule has 1 aliphatic carbocycles. The van der Waals surface area contributed by atoms with E-state index in [1.54, 1.807) is 12.1 Å². The van der Waals surface area contributed by atoms with Crippen molar-refractivity contribution in [3.05, 3.63) is 34.1 Å². The third-order valence-corrected chi connectivity index (χ3v) is 3.20. The van der Waals surface area contributed by atoms with Crippen LogP contribution >= 0.6 is 15.9 Å². The van der Waals surface area contributed by atoms with Crippen LogP contribution in [0.5, 0.6) is 0 Å². The SMILES string of the molecule is NCC(NC1CC1)c1ccc(F)c(Br)c1. The maximum absolute atomic E-state index is 13.0. The van der Waals surface area contributed by atoms with Crippen molar-refractivity contribution < 1.29 is 4.39 Å². The molecule has 0 heterocycles. The molecule has 15 heavy (non-hydrogen) atoms. The number of hydrogen-bond acceptors (Lipinski definition) is 2. The second kappa shape index (κ2) is 4.60. The highest BCUT2D eigenvalue weighted by Gasteiger charge is 2.24. The van der Waals surface area contributed by atoms with Crippen LogP contribution in [0.1, 0.15) is 24.4 Å². The van der Waals surface area contributed by atoms with E-state index in [1.165, 1.54) is 18.9 Å². The predicted molar refractivity (Wildman–Crippen MR) is 62.1 cm³/mol. The number of nitrogens with one attached hydrogen (secondary N) is 1. The summed E-state index contributed by atoms with van der Waals surface area (Å²) in [4.78, 5) is 0. The lowest BCUT2D eigenvalue weighted by molar-refractivity contribution is 0.536. The van der Waals surface area contributed by atoms with E-state index in [0.29, 0.717) is 17.1 Å². The van der Waals surface area contributed by atoms with Crippen molar-refractivity contribution in [1.29, 1.82) is 0 Å². The molecular formula is C11H14BrFN2. The Kier molecular flexibility index (Phi) is 3.38. The second-order valence-corrected chi connectivity index (χ2v) is 4.76. The number of nitrogens with two attached hydrogens (primary N) is 1. The topological polar surface area (TPSA) is 38.0 Å². The van der Waals surface area contributed by atoms with E-state index in [9.17, 15) is 4.39 Å². The summed E-state index contributed by atoms with van der Waals surface area (Å²) in [6, 6.07) is 5.78. The molecule has 1 saturated carbocycles. The Bertz CT molecular complexity index is 352. The monoisotopic (exact) mass is 272 g/mol. The summed E-state index contributed by atoms with van der Waals surface area (Å²) in [6.07, 6.45) is 2.44. The van der Waals surface area contributed by atoms with E-state index < -0.39 is 0 Å². The zero-order valence-electron chi connectivity index (χ0n) is 8.34. The Hall–Kier alpha value is -0.450. The Morgan fingerprint density at radius 1 is 1.53 bits per heavy atom. The van der Waals surface area contributed by atoms with Crippen molar-refractivity contribution in [3.63, 3.8) is 0 Å². The first-order valence-corrected chi connectivity index (χ1v) is 5.91. The summed E-state index contributed by atoms with van der Waals surface area (Å²) in [5, 5.41) is 3.44. The third-order valence-electron chi connectivity index (χ3n) is 2.60. The molecule has 4 heteroatoms. The van der Waals surface area contributed by atoms with Crippen LogP contribution in [-0.4, -0.2) is 12.6 Å². The molecule has 82 valence electrons. The van der Waals surface area contributed by atoms with Gasteiger partial charge in [-0.3, -0.25) is 0 Å². The third kappa shape index (κ3) is 2.77. The Labute approximate surface area is 97.2 Å². The maximum atomic E-state index is 13.0. The molecule has 3 N–H and O–H groups in total. The lowest BCUT2D eigenvalue weighted by atomic mass is 10.1. The summed E-state index contributed by atoms with van der Waals surface area (Å²) in [7, 11) is 0. The predicted octanol–water partition coefficient (Wildman–Crippen LogP) is 2.34. The molecule has 2 rings (SSSR count). The molecule has 1 unspecified atom stereocenters. The molecule has 1 aliphatic rings. The van der Waals surface area contributed by atoms with Crippen LogP contribution in [0.15, 0.2) is 22.7 Å². The summed E-state index contributed by atoms with van der Waals surface area (Å²) in [5.41, 5.74) is 6.74. The van der Waals surface area contributed by atoms with Crippen molar-refractivity contribution in [2.45, 2.75) is 24.9 Å². The van der Waals surface area contributed by atoms with Gasteiger partial charge in [-0.2, -0.15) is 0 Å². The zero-order valence-corrected chi connectivity index (χ0v) is 9.93. The number of rotatable bonds is 4. The average molecular weight is 273 g/mol. The van der Waals surface area contributed by atoms with Gasteiger partial charge in [-0.1, -0.05) is 6.07 Å². The fraction of sp³-hybridized carbons (Fsp3) is 0.455. The highest BCUT2D eigenvalue weighted by Crippen LogP contribution is 2.26. The molecule has 0 aromatic heterocycles. The van der Waals surface area contributed by atoms with E-state index in [0.717, 1.165) is 5.56 Å². The molecule has 0 aliphatic heterocycles. The first kappa shape index (κ1) is 11.0. The average Bonchev–Trinajstić information content (AvgIpc) is 3.02. The number of halogens is 2. The lowest BCUT2D eigenvalue weighted by Crippen LogP contribution is -2.29. The zero-order chi connectivity index (χ0) is 10.8. The molecule has 0 radical (unpaired) electrons. The van der Waals surface area contributed by atoms with Crippen LogP contribution in [0.2, 0.25) is 0 Å². The molecular weight excluding hydrogens is 259 g/mol. The Morgan fingerprint density at radius 2 is 2.27 bits per heavy atom. The lowest BCUT2D eigenvalue weighted by Gasteiger charge is -2.17. The van der Waals surface area contributed by atoms with Gasteiger partial charge in [-0.05, 0) is 46.5 Å². The van der Waals surface area contributed by atoms with Crippen molar-refractivity contribution in [2.24, 2.45) is 5.73 Å². The van der Waals surface area contributed by atoms with Crippen LogP contribution in [0.4, 0.5) is 4.39 Å². The first-order valence-electron chi connectivity index (χ1n) is 5.12. The number of hydrogen-bond donors (Lipinski definition) is 2. The van der Waals surface area contributed by atoms with Crippen molar-refractivity contribution in [1.82, 2.24) is 5.32 Å². The van der Waals surface area contributed by atoms with Gasteiger partial charge in [0, 0.05) is 18.6 Å². The molecule has 0 bridgehead atoms. The highest BCUT2D eigenvalue weighted by atomic mass is 79.9. The van der Waals surface area contributed by atoms with Gasteiger partial charge in [0.1, 0.15) is 5.82 Å². The van der Waals surface area contributed by atoms with Crippen LogP contribution in [0.3, 0.4) is 0 Å². The Morgan fingerprint density at radius 3 is 2.80 bits per heavy atom. The largest absolute Gasteiger partial charge is 0.329 e. The summed E-state index contributed by atoms with van der Waals surface area (Å²) in [6.45, 7) is 0.536. The van der Waals surface area contributed by atoms with E-state index >= 15 is 0 Å². The van der Waals surface area contributed by atoms with Gasteiger partial charge in [0.2, 0.25) is 0 Å². The van der Waals surface area contributed by atoms with Gasteiger partial charge in [0.15, 0.2) is 0 Å². The van der Waals surface area contributed by atoms with Crippen molar-refractivity contribution >= 4 is 15.9 Å². The normalized spacial score (nSPS) is 17.8. The second-order valence-electron chi connectivity index (χ2n) is 3.90. The molecule has 1 aromatic rings. The van der Waals surface area contributed by atoms with Crippen LogP contribution in [0.25, 0.3) is 0 Å². The van der Waals surface area contributed by atoms with Crippen LogP contribution < -0.4 is 11.1 Å². The minimum absolute atomic E-state index is 0.134. The van der Waals surface area contributed by atoms with E-state index in [-0.39, 0.29) is 11.9 Å². The Balaban J connectivity index is 2.13. The number of benzene rings is 1. The summed E-state index contributed by atoms with van der Waals surface area (Å²) >= 11 is 3.18. The van der Waals surface area contributed by atoms with Crippen molar-refractivity contribution in [2.75, 3.05) is 6.54 Å². The summed E-state index contributed by atoms with van der Waals surface area (Å²) in [5.74, 6) is -0.235. The standard InChI is InChI=1S/C11H14BrFN2/c12-9-5-7(1-4-10(9)13)11(6-14)15-8-2-3-8/h1,4-5,8,11,15H,2-3,6,14H2. The van der Waals surface area contributed by atoms with Gasteiger partial charge >= 0.3 is 0 Å². The van der Waals surface area contributed by atoms with E-state index in [2.05, 4.69) is 21.2 Å². The van der Waals surface area contributed by atoms with Crippen molar-refractivity contribution in [3.8, 4) is 0 Å². The quantitative estimate of drug-likeness (QED) is 0.883. The van der Waals surface area contributed by atoms with E-state index in [1.807, 2.05) is 0 Å². The minimum atomic E-state index is -0.235.